The summed E-state index contributed by atoms with van der Waals surface area (Å²) in [5.74, 6) is 1.63. The van der Waals surface area contributed by atoms with Crippen LogP contribution in [-0.4, -0.2) is 15.9 Å². The van der Waals surface area contributed by atoms with Gasteiger partial charge in [-0.3, -0.25) is 4.79 Å². The molecule has 6 nitrogen and oxygen atoms in total. The summed E-state index contributed by atoms with van der Waals surface area (Å²) in [5.41, 5.74) is 2.70. The molecule has 6 heteroatoms. The van der Waals surface area contributed by atoms with Crippen molar-refractivity contribution in [1.29, 1.82) is 0 Å². The van der Waals surface area contributed by atoms with E-state index in [9.17, 15) is 4.79 Å². The Kier molecular flexibility index (Phi) is 4.01. The molecule has 0 aliphatic heterocycles. The lowest BCUT2D eigenvalue weighted by atomic mass is 10.1. The first-order valence-electron chi connectivity index (χ1n) is 8.26. The average molecular weight is 347 g/mol. The third-order valence-electron chi connectivity index (χ3n) is 4.21. The molecule has 0 atom stereocenters. The number of oxazole rings is 1. The molecule has 0 saturated heterocycles. The summed E-state index contributed by atoms with van der Waals surface area (Å²) in [6, 6.07) is 12.9. The summed E-state index contributed by atoms with van der Waals surface area (Å²) in [6.45, 7) is 3.94. The number of rotatable bonds is 4. The van der Waals surface area contributed by atoms with Gasteiger partial charge in [0.25, 0.3) is 5.91 Å². The average Bonchev–Trinajstić information content (AvgIpc) is 3.29. The topological polar surface area (TPSA) is 81.2 Å². The highest BCUT2D eigenvalue weighted by Gasteiger charge is 2.16. The predicted molar refractivity (Wildman–Crippen MR) is 96.6 cm³/mol. The van der Waals surface area contributed by atoms with Crippen molar-refractivity contribution in [3.05, 3.63) is 71.6 Å². The van der Waals surface area contributed by atoms with E-state index in [-0.39, 0.29) is 12.5 Å². The molecule has 0 aliphatic carbocycles. The number of hydrogen-bond acceptors (Lipinski definition) is 5. The van der Waals surface area contributed by atoms with Crippen LogP contribution in [0.2, 0.25) is 0 Å². The number of nitrogens with zero attached hydrogens (tertiary/aromatic N) is 2. The Morgan fingerprint density at radius 2 is 1.96 bits per heavy atom. The monoisotopic (exact) mass is 347 g/mol. The molecule has 0 saturated carbocycles. The highest BCUT2D eigenvalue weighted by atomic mass is 16.4. The van der Waals surface area contributed by atoms with E-state index in [1.807, 2.05) is 44.2 Å². The number of benzene rings is 1. The second kappa shape index (κ2) is 6.48. The molecule has 0 spiro atoms. The molecular formula is C20H17N3O3. The Morgan fingerprint density at radius 1 is 1.12 bits per heavy atom. The van der Waals surface area contributed by atoms with Crippen molar-refractivity contribution in [2.45, 2.75) is 20.4 Å². The molecule has 1 aromatic carbocycles. The third-order valence-corrected chi connectivity index (χ3v) is 4.21. The Morgan fingerprint density at radius 3 is 2.69 bits per heavy atom. The van der Waals surface area contributed by atoms with Gasteiger partial charge < -0.3 is 14.2 Å². The highest BCUT2D eigenvalue weighted by molar-refractivity contribution is 6.07. The Balaban J connectivity index is 1.68. The SMILES string of the molecule is Cc1nc(CNC(=O)c2cc(-c3ccco3)nc3ccccc23)oc1C. The van der Waals surface area contributed by atoms with Gasteiger partial charge in [-0.25, -0.2) is 9.97 Å². The van der Waals surface area contributed by atoms with Gasteiger partial charge in [0, 0.05) is 5.39 Å². The number of carbonyl (C=O) groups excluding carboxylic acids is 1. The van der Waals surface area contributed by atoms with Crippen molar-refractivity contribution >= 4 is 16.8 Å². The first-order valence-corrected chi connectivity index (χ1v) is 8.26. The van der Waals surface area contributed by atoms with Gasteiger partial charge in [0.2, 0.25) is 5.89 Å². The highest BCUT2D eigenvalue weighted by Crippen LogP contribution is 2.25. The van der Waals surface area contributed by atoms with Crippen LogP contribution < -0.4 is 5.32 Å². The lowest BCUT2D eigenvalue weighted by molar-refractivity contribution is 0.0948. The van der Waals surface area contributed by atoms with Crippen LogP contribution in [-0.2, 0) is 6.54 Å². The van der Waals surface area contributed by atoms with Crippen LogP contribution in [0.5, 0.6) is 0 Å². The number of hydrogen-bond donors (Lipinski definition) is 1. The van der Waals surface area contributed by atoms with E-state index in [1.54, 1.807) is 18.4 Å². The molecule has 1 amide bonds. The van der Waals surface area contributed by atoms with Crippen molar-refractivity contribution in [2.24, 2.45) is 0 Å². The van der Waals surface area contributed by atoms with Crippen molar-refractivity contribution in [2.75, 3.05) is 0 Å². The zero-order chi connectivity index (χ0) is 18.1. The van der Waals surface area contributed by atoms with E-state index in [4.69, 9.17) is 8.83 Å². The summed E-state index contributed by atoms with van der Waals surface area (Å²) >= 11 is 0. The van der Waals surface area contributed by atoms with E-state index < -0.39 is 0 Å². The number of aryl methyl sites for hydroxylation is 2. The van der Waals surface area contributed by atoms with E-state index in [0.717, 1.165) is 22.4 Å². The van der Waals surface area contributed by atoms with Crippen LogP contribution in [0.15, 0.2) is 57.6 Å². The van der Waals surface area contributed by atoms with E-state index >= 15 is 0 Å². The fraction of sp³-hybridized carbons (Fsp3) is 0.150. The first kappa shape index (κ1) is 16.1. The number of amides is 1. The van der Waals surface area contributed by atoms with Crippen molar-refractivity contribution < 1.29 is 13.6 Å². The van der Waals surface area contributed by atoms with Crippen LogP contribution in [0, 0.1) is 13.8 Å². The lowest BCUT2D eigenvalue weighted by Gasteiger charge is -2.08. The summed E-state index contributed by atoms with van der Waals surface area (Å²) in [5, 5.41) is 3.64. The first-order chi connectivity index (χ1) is 12.6. The lowest BCUT2D eigenvalue weighted by Crippen LogP contribution is -2.23. The summed E-state index contributed by atoms with van der Waals surface area (Å²) in [6.07, 6.45) is 1.58. The van der Waals surface area contributed by atoms with Gasteiger partial charge in [-0.15, -0.1) is 0 Å². The minimum atomic E-state index is -0.218. The van der Waals surface area contributed by atoms with Crippen LogP contribution in [0.4, 0.5) is 0 Å². The molecular weight excluding hydrogens is 330 g/mol. The van der Waals surface area contributed by atoms with Crippen molar-refractivity contribution in [3.63, 3.8) is 0 Å². The molecule has 3 heterocycles. The Bertz CT molecular complexity index is 1060. The van der Waals surface area contributed by atoms with E-state index in [1.165, 1.54) is 0 Å². The number of nitrogens with one attached hydrogen (secondary N) is 1. The van der Waals surface area contributed by atoms with Gasteiger partial charge in [0.1, 0.15) is 11.5 Å². The zero-order valence-corrected chi connectivity index (χ0v) is 14.4. The largest absolute Gasteiger partial charge is 0.463 e. The minimum absolute atomic E-state index is 0.218. The molecule has 0 unspecified atom stereocenters. The van der Waals surface area contributed by atoms with Gasteiger partial charge in [-0.05, 0) is 38.1 Å². The number of furan rings is 1. The maximum absolute atomic E-state index is 12.8. The summed E-state index contributed by atoms with van der Waals surface area (Å²) in [4.78, 5) is 21.7. The van der Waals surface area contributed by atoms with Crippen molar-refractivity contribution in [1.82, 2.24) is 15.3 Å². The van der Waals surface area contributed by atoms with Gasteiger partial charge in [0.15, 0.2) is 5.76 Å². The summed E-state index contributed by atoms with van der Waals surface area (Å²) < 4.78 is 10.9. The van der Waals surface area contributed by atoms with Crippen LogP contribution in [0.1, 0.15) is 27.7 Å². The van der Waals surface area contributed by atoms with Gasteiger partial charge in [-0.2, -0.15) is 0 Å². The number of carbonyl (C=O) groups is 1. The van der Waals surface area contributed by atoms with Gasteiger partial charge in [0.05, 0.1) is 29.6 Å². The van der Waals surface area contributed by atoms with E-state index in [2.05, 4.69) is 15.3 Å². The van der Waals surface area contributed by atoms with E-state index in [0.29, 0.717) is 22.9 Å². The fourth-order valence-corrected chi connectivity index (χ4v) is 2.78. The standard InChI is InChI=1S/C20H17N3O3/c1-12-13(2)26-19(22-12)11-21-20(24)15-10-17(18-8-5-9-25-18)23-16-7-4-3-6-14(15)16/h3-10H,11H2,1-2H3,(H,21,24). The number of pyridine rings is 1. The maximum atomic E-state index is 12.8. The number of aromatic nitrogens is 2. The van der Waals surface area contributed by atoms with Crippen LogP contribution in [0.3, 0.4) is 0 Å². The molecule has 4 rings (SSSR count). The van der Waals surface area contributed by atoms with Crippen molar-refractivity contribution in [3.8, 4) is 11.5 Å². The van der Waals surface area contributed by atoms with Crippen LogP contribution in [0.25, 0.3) is 22.4 Å². The minimum Gasteiger partial charge on any atom is -0.463 e. The molecule has 4 aromatic rings. The molecule has 130 valence electrons. The molecule has 0 radical (unpaired) electrons. The maximum Gasteiger partial charge on any atom is 0.252 e. The molecule has 0 aliphatic rings. The van der Waals surface area contributed by atoms with Gasteiger partial charge >= 0.3 is 0 Å². The quantitative estimate of drug-likeness (QED) is 0.603. The fourth-order valence-electron chi connectivity index (χ4n) is 2.78. The second-order valence-electron chi connectivity index (χ2n) is 5.98. The van der Waals surface area contributed by atoms with Crippen LogP contribution >= 0.6 is 0 Å². The molecule has 3 aromatic heterocycles. The second-order valence-corrected chi connectivity index (χ2v) is 5.98. The Labute approximate surface area is 149 Å². The molecule has 0 bridgehead atoms. The predicted octanol–water partition coefficient (Wildman–Crippen LogP) is 4.03. The Hall–Kier alpha value is -3.41. The third kappa shape index (κ3) is 2.97. The summed E-state index contributed by atoms with van der Waals surface area (Å²) in [7, 11) is 0. The number of fused-ring (bicyclic) bond motifs is 1. The zero-order valence-electron chi connectivity index (χ0n) is 14.4. The number of para-hydroxylation sites is 1. The molecule has 26 heavy (non-hydrogen) atoms. The van der Waals surface area contributed by atoms with Gasteiger partial charge in [-0.1, -0.05) is 18.2 Å². The smallest absolute Gasteiger partial charge is 0.252 e. The normalized spacial score (nSPS) is 11.0. The molecule has 0 fully saturated rings. The molecule has 1 N–H and O–H groups in total.